The van der Waals surface area contributed by atoms with E-state index in [-0.39, 0.29) is 0 Å². The van der Waals surface area contributed by atoms with Crippen molar-refractivity contribution in [3.63, 3.8) is 0 Å². The molecule has 7 nitrogen and oxygen atoms in total. The van der Waals surface area contributed by atoms with Crippen LogP contribution in [0.1, 0.15) is 19.3 Å². The molecule has 0 spiro atoms. The predicted octanol–water partition coefficient (Wildman–Crippen LogP) is 3.96. The topological polar surface area (TPSA) is 67.1 Å². The Morgan fingerprint density at radius 2 is 1.57 bits per heavy atom. The number of rotatable bonds is 7. The van der Waals surface area contributed by atoms with Crippen LogP contribution in [0.15, 0.2) is 69.9 Å². The van der Waals surface area contributed by atoms with Crippen LogP contribution < -0.4 is 4.80 Å². The van der Waals surface area contributed by atoms with Crippen molar-refractivity contribution in [2.45, 2.75) is 30.7 Å². The van der Waals surface area contributed by atoms with Crippen LogP contribution in [0.5, 0.6) is 0 Å². The Balaban J connectivity index is 1.44. The number of hydrogen-bond donors (Lipinski definition) is 0. The van der Waals surface area contributed by atoms with Crippen molar-refractivity contribution < 1.29 is 13.2 Å². The van der Waals surface area contributed by atoms with Gasteiger partial charge in [-0.15, -0.1) is 11.3 Å². The molecule has 0 bridgehead atoms. The van der Waals surface area contributed by atoms with Gasteiger partial charge in [-0.25, -0.2) is 13.4 Å². The number of aromatic nitrogens is 1. The molecule has 3 aromatic rings. The summed E-state index contributed by atoms with van der Waals surface area (Å²) >= 11 is 1.61. The van der Waals surface area contributed by atoms with Crippen molar-refractivity contribution in [3.8, 4) is 11.3 Å². The first-order valence-corrected chi connectivity index (χ1v) is 14.6. The second-order valence-corrected chi connectivity index (χ2v) is 11.7. The molecule has 35 heavy (non-hydrogen) atoms. The largest absolute Gasteiger partial charge is 0.379 e. The molecular weight excluding hydrogens is 480 g/mol. The zero-order chi connectivity index (χ0) is 24.1. The molecule has 2 saturated heterocycles. The van der Waals surface area contributed by atoms with Crippen LogP contribution in [0, 0.1) is 0 Å². The molecule has 2 aliphatic rings. The van der Waals surface area contributed by atoms with E-state index >= 15 is 0 Å². The van der Waals surface area contributed by atoms with Gasteiger partial charge in [-0.3, -0.25) is 4.90 Å². The average molecular weight is 513 g/mol. The molecule has 1 aromatic heterocycles. The van der Waals surface area contributed by atoms with Crippen molar-refractivity contribution in [1.82, 2.24) is 13.8 Å². The van der Waals surface area contributed by atoms with Crippen LogP contribution in [0.4, 0.5) is 5.69 Å². The highest BCUT2D eigenvalue weighted by Crippen LogP contribution is 2.26. The highest BCUT2D eigenvalue weighted by molar-refractivity contribution is 7.89. The van der Waals surface area contributed by atoms with Gasteiger partial charge < -0.3 is 9.30 Å². The molecule has 0 radical (unpaired) electrons. The van der Waals surface area contributed by atoms with E-state index in [9.17, 15) is 8.42 Å². The number of para-hydroxylation sites is 1. The van der Waals surface area contributed by atoms with Crippen molar-refractivity contribution >= 4 is 27.0 Å². The van der Waals surface area contributed by atoms with Crippen molar-refractivity contribution in [2.75, 3.05) is 45.9 Å². The number of ether oxygens (including phenoxy) is 1. The normalized spacial score (nSPS) is 18.7. The Morgan fingerprint density at radius 1 is 0.857 bits per heavy atom. The molecular formula is C26H32N4O3S2. The summed E-state index contributed by atoms with van der Waals surface area (Å²) in [4.78, 5) is 8.62. The maximum Gasteiger partial charge on any atom is 0.243 e. The van der Waals surface area contributed by atoms with Crippen LogP contribution in [0.2, 0.25) is 0 Å². The van der Waals surface area contributed by atoms with E-state index in [1.165, 1.54) is 0 Å². The summed E-state index contributed by atoms with van der Waals surface area (Å²) in [5.74, 6) is 0. The van der Waals surface area contributed by atoms with Gasteiger partial charge >= 0.3 is 0 Å². The molecule has 5 rings (SSSR count). The summed E-state index contributed by atoms with van der Waals surface area (Å²) in [6.07, 6.45) is 2.97. The van der Waals surface area contributed by atoms with Crippen LogP contribution in [-0.2, 0) is 21.3 Å². The number of nitrogens with zero attached hydrogens (tertiary/aromatic N) is 4. The smallest absolute Gasteiger partial charge is 0.243 e. The number of benzene rings is 2. The van der Waals surface area contributed by atoms with Gasteiger partial charge in [-0.2, -0.15) is 4.31 Å². The zero-order valence-electron chi connectivity index (χ0n) is 19.9. The van der Waals surface area contributed by atoms with Gasteiger partial charge in [0.05, 0.1) is 29.5 Å². The molecule has 9 heteroatoms. The Morgan fingerprint density at radius 3 is 2.29 bits per heavy atom. The van der Waals surface area contributed by atoms with Gasteiger partial charge in [0.2, 0.25) is 10.0 Å². The first-order valence-electron chi connectivity index (χ1n) is 12.3. The van der Waals surface area contributed by atoms with Gasteiger partial charge in [-0.05, 0) is 42.7 Å². The molecule has 186 valence electrons. The van der Waals surface area contributed by atoms with Crippen LogP contribution in [0.3, 0.4) is 0 Å². The molecule has 2 aromatic carbocycles. The second-order valence-electron chi connectivity index (χ2n) is 8.95. The third kappa shape index (κ3) is 5.76. The molecule has 3 heterocycles. The van der Waals surface area contributed by atoms with Crippen LogP contribution in [-0.4, -0.2) is 68.1 Å². The first kappa shape index (κ1) is 24.4. The predicted molar refractivity (Wildman–Crippen MR) is 139 cm³/mol. The lowest BCUT2D eigenvalue weighted by Gasteiger charge is -2.27. The second kappa shape index (κ2) is 11.2. The number of thiazole rings is 1. The maximum absolute atomic E-state index is 13.1. The monoisotopic (exact) mass is 512 g/mol. The van der Waals surface area contributed by atoms with Crippen molar-refractivity contribution in [2.24, 2.45) is 4.99 Å². The summed E-state index contributed by atoms with van der Waals surface area (Å²) in [6, 6.07) is 17.3. The summed E-state index contributed by atoms with van der Waals surface area (Å²) in [6.45, 7) is 6.36. The minimum atomic E-state index is -3.44. The fourth-order valence-corrected chi connectivity index (χ4v) is 7.07. The highest BCUT2D eigenvalue weighted by atomic mass is 32.2. The lowest BCUT2D eigenvalue weighted by Crippen LogP contribution is -2.39. The fraction of sp³-hybridized carbons (Fsp3) is 0.423. The molecule has 2 fully saturated rings. The van der Waals surface area contributed by atoms with E-state index in [0.717, 1.165) is 80.4 Å². The average Bonchev–Trinajstić information content (AvgIpc) is 3.31. The Hall–Kier alpha value is -2.30. The molecule has 0 atom stereocenters. The van der Waals surface area contributed by atoms with Crippen molar-refractivity contribution in [1.29, 1.82) is 0 Å². The minimum Gasteiger partial charge on any atom is -0.379 e. The Kier molecular flexibility index (Phi) is 7.79. The number of sulfonamides is 1. The van der Waals surface area contributed by atoms with Gasteiger partial charge in [0.25, 0.3) is 0 Å². The van der Waals surface area contributed by atoms with Gasteiger partial charge in [0.1, 0.15) is 0 Å². The summed E-state index contributed by atoms with van der Waals surface area (Å²) < 4.78 is 35.5. The van der Waals surface area contributed by atoms with Gasteiger partial charge in [0.15, 0.2) is 4.80 Å². The van der Waals surface area contributed by atoms with E-state index in [1.807, 2.05) is 42.5 Å². The molecule has 0 amide bonds. The molecule has 0 aliphatic carbocycles. The van der Waals surface area contributed by atoms with Crippen molar-refractivity contribution in [3.05, 3.63) is 64.8 Å². The Labute approximate surface area is 211 Å². The fourth-order valence-electron chi connectivity index (χ4n) is 4.60. The van der Waals surface area contributed by atoms with E-state index in [2.05, 4.69) is 14.8 Å². The van der Waals surface area contributed by atoms with E-state index in [1.54, 1.807) is 27.8 Å². The summed E-state index contributed by atoms with van der Waals surface area (Å²) in [7, 11) is -3.44. The van der Waals surface area contributed by atoms with E-state index < -0.39 is 10.0 Å². The lowest BCUT2D eigenvalue weighted by molar-refractivity contribution is 0.0363. The molecule has 0 unspecified atom stereocenters. The quantitative estimate of drug-likeness (QED) is 0.481. The number of hydrogen-bond acceptors (Lipinski definition) is 6. The standard InChI is InChI=1S/C26H32N4O3S2/c31-35(32,29-13-5-2-6-14-29)24-11-9-22(10-12-24)25-21-34-26(27-23-7-3-1-4-8-23)30(25)16-15-28-17-19-33-20-18-28/h1,3-4,7-12,21H,2,5-6,13-20H2. The zero-order valence-corrected chi connectivity index (χ0v) is 21.5. The lowest BCUT2D eigenvalue weighted by atomic mass is 10.2. The Bertz CT molecular complexity index is 1270. The van der Waals surface area contributed by atoms with Crippen LogP contribution >= 0.6 is 11.3 Å². The maximum atomic E-state index is 13.1. The highest BCUT2D eigenvalue weighted by Gasteiger charge is 2.26. The number of piperidine rings is 1. The molecule has 2 aliphatic heterocycles. The van der Waals surface area contributed by atoms with Gasteiger partial charge in [0, 0.05) is 44.6 Å². The number of morpholine rings is 1. The van der Waals surface area contributed by atoms with Crippen LogP contribution in [0.25, 0.3) is 11.3 Å². The van der Waals surface area contributed by atoms with Gasteiger partial charge in [-0.1, -0.05) is 36.8 Å². The third-order valence-electron chi connectivity index (χ3n) is 6.63. The minimum absolute atomic E-state index is 0.368. The SMILES string of the molecule is O=S(=O)(c1ccc(-c2csc(=Nc3ccccc3)n2CCN2CCOCC2)cc1)N1CCCCC1. The van der Waals surface area contributed by atoms with E-state index in [4.69, 9.17) is 9.73 Å². The molecule has 0 saturated carbocycles. The summed E-state index contributed by atoms with van der Waals surface area (Å²) in [5, 5.41) is 2.12. The summed E-state index contributed by atoms with van der Waals surface area (Å²) in [5.41, 5.74) is 2.97. The molecule has 0 N–H and O–H groups in total. The third-order valence-corrected chi connectivity index (χ3v) is 9.40. The first-order chi connectivity index (χ1) is 17.1. The van der Waals surface area contributed by atoms with E-state index in [0.29, 0.717) is 18.0 Å².